The van der Waals surface area contributed by atoms with Crippen LogP contribution < -0.4 is 0 Å². The summed E-state index contributed by atoms with van der Waals surface area (Å²) in [6.45, 7) is 3.46. The maximum atomic E-state index is 12.6. The minimum Gasteiger partial charge on any atom is -0.421 e. The first-order valence-electron chi connectivity index (χ1n) is 7.39. The highest BCUT2D eigenvalue weighted by molar-refractivity contribution is 7.93. The SMILES string of the molecule is C=CCS(=O)(=O)c1sc2nc(-c3nnco3)nc(-c3ccn[nH]3)c2c1C#N. The molecule has 134 valence electrons. The van der Waals surface area contributed by atoms with Crippen LogP contribution in [0.4, 0.5) is 0 Å². The normalized spacial score (nSPS) is 11.5. The zero-order valence-corrected chi connectivity index (χ0v) is 15.1. The van der Waals surface area contributed by atoms with Crippen LogP contribution in [0.15, 0.2) is 39.9 Å². The third kappa shape index (κ3) is 2.78. The lowest BCUT2D eigenvalue weighted by Crippen LogP contribution is -2.04. The zero-order chi connectivity index (χ0) is 19.0. The van der Waals surface area contributed by atoms with Gasteiger partial charge in [0.05, 0.1) is 22.4 Å². The molecule has 4 aromatic heterocycles. The monoisotopic (exact) mass is 399 g/mol. The zero-order valence-electron chi connectivity index (χ0n) is 13.4. The number of aromatic nitrogens is 6. The number of rotatable bonds is 5. The Hall–Kier alpha value is -3.43. The van der Waals surface area contributed by atoms with Crippen LogP contribution in [-0.2, 0) is 9.84 Å². The number of nitriles is 1. The summed E-state index contributed by atoms with van der Waals surface area (Å²) >= 11 is 0.885. The van der Waals surface area contributed by atoms with Gasteiger partial charge >= 0.3 is 0 Å². The molecule has 0 saturated carbocycles. The molecule has 4 aromatic rings. The van der Waals surface area contributed by atoms with Gasteiger partial charge in [-0.2, -0.15) is 10.4 Å². The van der Waals surface area contributed by atoms with Gasteiger partial charge in [-0.05, 0) is 6.07 Å². The molecular weight excluding hydrogens is 390 g/mol. The van der Waals surface area contributed by atoms with E-state index in [-0.39, 0.29) is 27.2 Å². The third-order valence-corrected chi connectivity index (χ3v) is 6.89. The average Bonchev–Trinajstić information content (AvgIpc) is 3.40. The Morgan fingerprint density at radius 1 is 1.41 bits per heavy atom. The summed E-state index contributed by atoms with van der Waals surface area (Å²) in [7, 11) is -3.73. The summed E-state index contributed by atoms with van der Waals surface area (Å²) in [4.78, 5) is 9.03. The third-order valence-electron chi connectivity index (χ3n) is 3.56. The van der Waals surface area contributed by atoms with E-state index in [4.69, 9.17) is 4.42 Å². The van der Waals surface area contributed by atoms with Crippen molar-refractivity contribution in [2.24, 2.45) is 0 Å². The second-order valence-corrected chi connectivity index (χ2v) is 8.47. The second kappa shape index (κ2) is 6.38. The molecule has 0 aromatic carbocycles. The van der Waals surface area contributed by atoms with Crippen LogP contribution >= 0.6 is 11.3 Å². The maximum absolute atomic E-state index is 12.6. The number of H-pyrrole nitrogens is 1. The van der Waals surface area contributed by atoms with E-state index in [0.29, 0.717) is 21.6 Å². The van der Waals surface area contributed by atoms with Gasteiger partial charge in [-0.25, -0.2) is 18.4 Å². The number of hydrogen-bond acceptors (Lipinski definition) is 10. The van der Waals surface area contributed by atoms with Crippen molar-refractivity contribution < 1.29 is 12.8 Å². The number of fused-ring (bicyclic) bond motifs is 1. The molecule has 0 atom stereocenters. The van der Waals surface area contributed by atoms with E-state index in [2.05, 4.69) is 36.9 Å². The van der Waals surface area contributed by atoms with Crippen molar-refractivity contribution in [2.75, 3.05) is 5.75 Å². The van der Waals surface area contributed by atoms with E-state index in [0.717, 1.165) is 17.7 Å². The lowest BCUT2D eigenvalue weighted by atomic mass is 10.1. The molecule has 0 aliphatic rings. The number of nitrogens with zero attached hydrogens (tertiary/aromatic N) is 6. The highest BCUT2D eigenvalue weighted by Gasteiger charge is 2.28. The van der Waals surface area contributed by atoms with Gasteiger partial charge in [0.2, 0.25) is 12.2 Å². The molecule has 0 saturated heterocycles. The van der Waals surface area contributed by atoms with Crippen LogP contribution in [0.3, 0.4) is 0 Å². The van der Waals surface area contributed by atoms with Gasteiger partial charge in [0, 0.05) is 6.20 Å². The molecule has 10 nitrogen and oxygen atoms in total. The van der Waals surface area contributed by atoms with Gasteiger partial charge in [-0.3, -0.25) is 5.10 Å². The van der Waals surface area contributed by atoms with E-state index >= 15 is 0 Å². The first kappa shape index (κ1) is 17.0. The molecule has 0 unspecified atom stereocenters. The Labute approximate surface area is 156 Å². The number of aromatic amines is 1. The standard InChI is InChI=1S/C15H9N7O3S2/c1-2-5-27(23,24)15-8(6-16)10-11(9-3-4-17-21-9)19-12(20-14(10)26-15)13-22-18-7-25-13/h2-4,7H,1,5H2,(H,17,21). The Morgan fingerprint density at radius 3 is 2.89 bits per heavy atom. The van der Waals surface area contributed by atoms with Gasteiger partial charge in [0.25, 0.3) is 5.89 Å². The van der Waals surface area contributed by atoms with Crippen molar-refractivity contribution in [3.63, 3.8) is 0 Å². The van der Waals surface area contributed by atoms with Crippen molar-refractivity contribution in [3.05, 3.63) is 36.9 Å². The fourth-order valence-electron chi connectivity index (χ4n) is 2.48. The summed E-state index contributed by atoms with van der Waals surface area (Å²) in [5, 5.41) is 24.0. The van der Waals surface area contributed by atoms with Crippen molar-refractivity contribution in [1.82, 2.24) is 30.4 Å². The van der Waals surface area contributed by atoms with Crippen LogP contribution in [0.2, 0.25) is 0 Å². The topological polar surface area (TPSA) is 151 Å². The van der Waals surface area contributed by atoms with E-state index in [9.17, 15) is 13.7 Å². The molecule has 0 amide bonds. The Kier molecular flexibility index (Phi) is 4.02. The minimum absolute atomic E-state index is 0.0153. The lowest BCUT2D eigenvalue weighted by molar-refractivity contribution is 0.564. The molecular formula is C15H9N7O3S2. The average molecular weight is 399 g/mol. The first-order valence-corrected chi connectivity index (χ1v) is 9.86. The van der Waals surface area contributed by atoms with Crippen molar-refractivity contribution in [1.29, 1.82) is 5.26 Å². The van der Waals surface area contributed by atoms with Crippen molar-refractivity contribution >= 4 is 31.4 Å². The molecule has 0 aliphatic heterocycles. The first-order chi connectivity index (χ1) is 13.0. The minimum atomic E-state index is -3.73. The van der Waals surface area contributed by atoms with Crippen LogP contribution in [0.5, 0.6) is 0 Å². The molecule has 4 heterocycles. The molecule has 0 radical (unpaired) electrons. The van der Waals surface area contributed by atoms with E-state index in [1.807, 2.05) is 6.07 Å². The molecule has 0 spiro atoms. The fraction of sp³-hybridized carbons (Fsp3) is 0.0667. The quantitative estimate of drug-likeness (QED) is 0.496. The summed E-state index contributed by atoms with van der Waals surface area (Å²) in [6.07, 6.45) is 3.92. The second-order valence-electron chi connectivity index (χ2n) is 5.24. The highest BCUT2D eigenvalue weighted by atomic mass is 32.2. The molecule has 4 rings (SSSR count). The van der Waals surface area contributed by atoms with Crippen LogP contribution in [0, 0.1) is 11.3 Å². The van der Waals surface area contributed by atoms with Crippen molar-refractivity contribution in [2.45, 2.75) is 4.21 Å². The number of hydrogen-bond donors (Lipinski definition) is 1. The Balaban J connectivity index is 2.11. The molecule has 0 aliphatic carbocycles. The van der Waals surface area contributed by atoms with E-state index in [1.165, 1.54) is 12.3 Å². The van der Waals surface area contributed by atoms with E-state index in [1.54, 1.807) is 6.07 Å². The largest absolute Gasteiger partial charge is 0.421 e. The summed E-state index contributed by atoms with van der Waals surface area (Å²) < 4.78 is 30.2. The van der Waals surface area contributed by atoms with Crippen molar-refractivity contribution in [3.8, 4) is 29.2 Å². The fourth-order valence-corrected chi connectivity index (χ4v) is 5.21. The Morgan fingerprint density at radius 2 is 2.26 bits per heavy atom. The van der Waals surface area contributed by atoms with Gasteiger partial charge in [0.15, 0.2) is 9.84 Å². The molecule has 12 heteroatoms. The maximum Gasteiger partial charge on any atom is 0.285 e. The van der Waals surface area contributed by atoms with Crippen LogP contribution in [0.25, 0.3) is 33.3 Å². The molecule has 0 bridgehead atoms. The van der Waals surface area contributed by atoms with Gasteiger partial charge in [0.1, 0.15) is 20.8 Å². The smallest absolute Gasteiger partial charge is 0.285 e. The predicted octanol–water partition coefficient (Wildman–Crippen LogP) is 1.96. The van der Waals surface area contributed by atoms with Gasteiger partial charge in [-0.1, -0.05) is 6.08 Å². The van der Waals surface area contributed by atoms with E-state index < -0.39 is 9.84 Å². The molecule has 27 heavy (non-hydrogen) atoms. The predicted molar refractivity (Wildman–Crippen MR) is 95.3 cm³/mol. The summed E-state index contributed by atoms with van der Waals surface area (Å²) in [5.41, 5.74) is 0.794. The summed E-state index contributed by atoms with van der Waals surface area (Å²) in [6, 6.07) is 3.62. The molecule has 0 fully saturated rings. The number of sulfone groups is 1. The van der Waals surface area contributed by atoms with Gasteiger partial charge < -0.3 is 4.42 Å². The number of thiophene rings is 1. The summed E-state index contributed by atoms with van der Waals surface area (Å²) in [5.74, 6) is -0.110. The van der Waals surface area contributed by atoms with Gasteiger partial charge in [-0.15, -0.1) is 28.1 Å². The number of nitrogens with one attached hydrogen (secondary N) is 1. The Bertz CT molecular complexity index is 1280. The lowest BCUT2D eigenvalue weighted by Gasteiger charge is -2.02. The van der Waals surface area contributed by atoms with Crippen LogP contribution in [0.1, 0.15) is 5.56 Å². The molecule has 1 N–H and O–H groups in total. The highest BCUT2D eigenvalue weighted by Crippen LogP contribution is 2.39. The van der Waals surface area contributed by atoms with Crippen LogP contribution in [-0.4, -0.2) is 44.5 Å².